The zero-order chi connectivity index (χ0) is 11.0. The normalized spacial score (nSPS) is 18.5. The molecule has 2 heteroatoms. The van der Waals surface area contributed by atoms with Crippen molar-refractivity contribution >= 4 is 5.78 Å². The van der Waals surface area contributed by atoms with Gasteiger partial charge < -0.3 is 5.32 Å². The molecule has 1 N–H and O–H groups in total. The molecule has 1 saturated carbocycles. The Labute approximate surface area is 96.1 Å². The van der Waals surface area contributed by atoms with Gasteiger partial charge in [0.25, 0.3) is 0 Å². The number of carbonyl (C=O) groups excluding carboxylic acids is 1. The van der Waals surface area contributed by atoms with Gasteiger partial charge in [0.2, 0.25) is 0 Å². The van der Waals surface area contributed by atoms with Crippen LogP contribution in [0.2, 0.25) is 0 Å². The molecular formula is C14H17NO. The number of benzene rings is 1. The van der Waals surface area contributed by atoms with Crippen LogP contribution in [-0.2, 0) is 13.1 Å². The maximum absolute atomic E-state index is 12.0. The highest BCUT2D eigenvalue weighted by Gasteiger charge is 2.22. The molecule has 84 valence electrons. The standard InChI is InChI=1S/C14H17NO/c16-14(6-3-10-1-2-10)11-4-5-12-8-15-9-13(12)7-11/h4-5,7,10,15H,1-3,6,8-9H2. The van der Waals surface area contributed by atoms with Crippen LogP contribution in [0.3, 0.4) is 0 Å². The molecule has 1 heterocycles. The lowest BCUT2D eigenvalue weighted by Crippen LogP contribution is -2.01. The van der Waals surface area contributed by atoms with E-state index in [0.29, 0.717) is 5.78 Å². The van der Waals surface area contributed by atoms with Crippen LogP contribution in [0.5, 0.6) is 0 Å². The molecule has 0 amide bonds. The predicted molar refractivity (Wildman–Crippen MR) is 63.3 cm³/mol. The first kappa shape index (κ1) is 10.0. The minimum absolute atomic E-state index is 0.321. The Bertz CT molecular complexity index is 421. The first-order valence-corrected chi connectivity index (χ1v) is 6.18. The van der Waals surface area contributed by atoms with Gasteiger partial charge in [-0.25, -0.2) is 0 Å². The van der Waals surface area contributed by atoms with E-state index < -0.39 is 0 Å². The zero-order valence-electron chi connectivity index (χ0n) is 9.46. The summed E-state index contributed by atoms with van der Waals surface area (Å²) in [6.45, 7) is 1.87. The largest absolute Gasteiger partial charge is 0.309 e. The summed E-state index contributed by atoms with van der Waals surface area (Å²) in [6.07, 6.45) is 4.49. The van der Waals surface area contributed by atoms with Gasteiger partial charge in [0.05, 0.1) is 0 Å². The SMILES string of the molecule is O=C(CCC1CC1)c1ccc2c(c1)CNC2. The summed E-state index contributed by atoms with van der Waals surface area (Å²) in [5.74, 6) is 1.17. The van der Waals surface area contributed by atoms with Crippen molar-refractivity contribution < 1.29 is 4.79 Å². The molecule has 0 aromatic heterocycles. The smallest absolute Gasteiger partial charge is 0.162 e. The number of carbonyl (C=O) groups is 1. The van der Waals surface area contributed by atoms with E-state index in [0.717, 1.165) is 37.4 Å². The molecule has 1 aliphatic heterocycles. The average molecular weight is 215 g/mol. The lowest BCUT2D eigenvalue weighted by molar-refractivity contribution is 0.0978. The van der Waals surface area contributed by atoms with Crippen molar-refractivity contribution in [2.45, 2.75) is 38.8 Å². The lowest BCUT2D eigenvalue weighted by atomic mass is 10.0. The summed E-state index contributed by atoms with van der Waals surface area (Å²) < 4.78 is 0. The maximum atomic E-state index is 12.0. The van der Waals surface area contributed by atoms with Crippen LogP contribution in [0.15, 0.2) is 18.2 Å². The molecule has 16 heavy (non-hydrogen) atoms. The van der Waals surface area contributed by atoms with Gasteiger partial charge in [-0.15, -0.1) is 0 Å². The number of hydrogen-bond donors (Lipinski definition) is 1. The third kappa shape index (κ3) is 2.03. The number of Topliss-reactive ketones (excluding diaryl/α,β-unsaturated/α-hetero) is 1. The molecule has 0 unspecified atom stereocenters. The third-order valence-corrected chi connectivity index (χ3v) is 3.64. The quantitative estimate of drug-likeness (QED) is 0.782. The molecule has 0 saturated heterocycles. The van der Waals surface area contributed by atoms with Crippen molar-refractivity contribution in [1.29, 1.82) is 0 Å². The van der Waals surface area contributed by atoms with Crippen molar-refractivity contribution in [1.82, 2.24) is 5.32 Å². The molecule has 3 rings (SSSR count). The van der Waals surface area contributed by atoms with Crippen LogP contribution >= 0.6 is 0 Å². The lowest BCUT2D eigenvalue weighted by Gasteiger charge is -2.03. The first-order chi connectivity index (χ1) is 7.83. The second kappa shape index (κ2) is 4.02. The van der Waals surface area contributed by atoms with Gasteiger partial charge in [0.15, 0.2) is 5.78 Å². The Morgan fingerprint density at radius 1 is 1.25 bits per heavy atom. The summed E-state index contributed by atoms with van der Waals surface area (Å²) in [4.78, 5) is 12.0. The van der Waals surface area contributed by atoms with E-state index in [1.165, 1.54) is 24.0 Å². The predicted octanol–water partition coefficient (Wildman–Crippen LogP) is 2.66. The van der Waals surface area contributed by atoms with Crippen LogP contribution in [0.1, 0.15) is 47.2 Å². The van der Waals surface area contributed by atoms with Gasteiger partial charge in [-0.05, 0) is 29.5 Å². The third-order valence-electron chi connectivity index (χ3n) is 3.64. The van der Waals surface area contributed by atoms with Crippen LogP contribution in [0.25, 0.3) is 0 Å². The van der Waals surface area contributed by atoms with Gasteiger partial charge in [-0.1, -0.05) is 25.0 Å². The molecule has 1 fully saturated rings. The summed E-state index contributed by atoms with van der Waals surface area (Å²) in [6, 6.07) is 6.16. The fourth-order valence-electron chi connectivity index (χ4n) is 2.35. The van der Waals surface area contributed by atoms with E-state index in [4.69, 9.17) is 0 Å². The molecule has 2 aliphatic rings. The zero-order valence-corrected chi connectivity index (χ0v) is 9.46. The van der Waals surface area contributed by atoms with Gasteiger partial charge in [0.1, 0.15) is 0 Å². The Hall–Kier alpha value is -1.15. The average Bonchev–Trinajstić information content (AvgIpc) is 3.01. The molecular weight excluding hydrogens is 198 g/mol. The highest BCUT2D eigenvalue weighted by molar-refractivity contribution is 5.96. The summed E-state index contributed by atoms with van der Waals surface area (Å²) in [5, 5.41) is 3.30. The Morgan fingerprint density at radius 3 is 2.88 bits per heavy atom. The summed E-state index contributed by atoms with van der Waals surface area (Å²) in [5.41, 5.74) is 3.55. The first-order valence-electron chi connectivity index (χ1n) is 6.18. The summed E-state index contributed by atoms with van der Waals surface area (Å²) >= 11 is 0. The van der Waals surface area contributed by atoms with E-state index in [-0.39, 0.29) is 0 Å². The Balaban J connectivity index is 1.70. The van der Waals surface area contributed by atoms with Crippen LogP contribution < -0.4 is 5.32 Å². The second-order valence-corrected chi connectivity index (χ2v) is 4.99. The van der Waals surface area contributed by atoms with Crippen LogP contribution in [-0.4, -0.2) is 5.78 Å². The monoisotopic (exact) mass is 215 g/mol. The molecule has 0 bridgehead atoms. The van der Waals surface area contributed by atoms with E-state index in [1.54, 1.807) is 0 Å². The van der Waals surface area contributed by atoms with E-state index in [1.807, 2.05) is 6.07 Å². The molecule has 0 radical (unpaired) electrons. The molecule has 0 spiro atoms. The fourth-order valence-corrected chi connectivity index (χ4v) is 2.35. The topological polar surface area (TPSA) is 29.1 Å². The van der Waals surface area contributed by atoms with Gasteiger partial charge >= 0.3 is 0 Å². The van der Waals surface area contributed by atoms with E-state index in [9.17, 15) is 4.79 Å². The maximum Gasteiger partial charge on any atom is 0.162 e. The summed E-state index contributed by atoms with van der Waals surface area (Å²) in [7, 11) is 0. The van der Waals surface area contributed by atoms with Crippen molar-refractivity contribution in [2.24, 2.45) is 5.92 Å². The highest BCUT2D eigenvalue weighted by atomic mass is 16.1. The minimum Gasteiger partial charge on any atom is -0.309 e. The number of rotatable bonds is 4. The van der Waals surface area contributed by atoms with Gasteiger partial charge in [-0.3, -0.25) is 4.79 Å². The van der Waals surface area contributed by atoms with E-state index >= 15 is 0 Å². The van der Waals surface area contributed by atoms with Crippen LogP contribution in [0.4, 0.5) is 0 Å². The number of fused-ring (bicyclic) bond motifs is 1. The van der Waals surface area contributed by atoms with Gasteiger partial charge in [-0.2, -0.15) is 0 Å². The van der Waals surface area contributed by atoms with Crippen molar-refractivity contribution in [3.8, 4) is 0 Å². The minimum atomic E-state index is 0.321. The van der Waals surface area contributed by atoms with Crippen molar-refractivity contribution in [3.63, 3.8) is 0 Å². The number of hydrogen-bond acceptors (Lipinski definition) is 2. The van der Waals surface area contributed by atoms with Gasteiger partial charge in [0, 0.05) is 25.1 Å². The second-order valence-electron chi connectivity index (χ2n) is 4.99. The molecule has 2 nitrogen and oxygen atoms in total. The van der Waals surface area contributed by atoms with Crippen molar-refractivity contribution in [2.75, 3.05) is 0 Å². The van der Waals surface area contributed by atoms with Crippen LogP contribution in [0, 0.1) is 5.92 Å². The van der Waals surface area contributed by atoms with Crippen molar-refractivity contribution in [3.05, 3.63) is 34.9 Å². The number of nitrogens with one attached hydrogen (secondary N) is 1. The molecule has 1 aromatic rings. The molecule has 1 aromatic carbocycles. The fraction of sp³-hybridized carbons (Fsp3) is 0.500. The highest BCUT2D eigenvalue weighted by Crippen LogP contribution is 2.34. The molecule has 0 atom stereocenters. The number of ketones is 1. The Morgan fingerprint density at radius 2 is 2.06 bits per heavy atom. The Kier molecular flexibility index (Phi) is 2.52. The van der Waals surface area contributed by atoms with E-state index in [2.05, 4.69) is 17.4 Å². The molecule has 1 aliphatic carbocycles.